The van der Waals surface area contributed by atoms with Crippen molar-refractivity contribution in [3.63, 3.8) is 0 Å². The number of likely N-dealkylation sites (tertiary alicyclic amines) is 1. The van der Waals surface area contributed by atoms with Crippen molar-refractivity contribution in [2.24, 2.45) is 11.7 Å². The highest BCUT2D eigenvalue weighted by molar-refractivity contribution is 5.87. The number of hydrogen-bond acceptors (Lipinski definition) is 7. The van der Waals surface area contributed by atoms with Crippen LogP contribution in [0.3, 0.4) is 0 Å². The second-order valence-electron chi connectivity index (χ2n) is 10.5. The van der Waals surface area contributed by atoms with Crippen LogP contribution in [0.4, 0.5) is 4.79 Å². The maximum atomic E-state index is 12.7. The Labute approximate surface area is 247 Å². The van der Waals surface area contributed by atoms with Gasteiger partial charge in [-0.05, 0) is 48.4 Å². The molecule has 1 heterocycles. The quantitative estimate of drug-likeness (QED) is 0.343. The molecule has 2 atom stereocenters. The van der Waals surface area contributed by atoms with Crippen LogP contribution < -0.4 is 21.1 Å². The van der Waals surface area contributed by atoms with Gasteiger partial charge in [-0.1, -0.05) is 56.3 Å². The van der Waals surface area contributed by atoms with Gasteiger partial charge in [0, 0.05) is 25.6 Å². The molecular weight excluding hydrogens is 548 g/mol. The molecular formula is C30H41ClN4O6. The number of nitrogens with zero attached hydrogens (tertiary/aromatic N) is 1. The van der Waals surface area contributed by atoms with E-state index in [1.165, 1.54) is 7.11 Å². The van der Waals surface area contributed by atoms with Crippen LogP contribution in [-0.2, 0) is 32.0 Å². The van der Waals surface area contributed by atoms with Crippen LogP contribution in [0.2, 0.25) is 0 Å². The van der Waals surface area contributed by atoms with Crippen LogP contribution >= 0.6 is 12.4 Å². The fraction of sp³-hybridized carbons (Fsp3) is 0.467. The van der Waals surface area contributed by atoms with E-state index in [-0.39, 0.29) is 36.7 Å². The second kappa shape index (κ2) is 16.6. The van der Waals surface area contributed by atoms with E-state index in [0.29, 0.717) is 44.5 Å². The molecule has 2 aromatic carbocycles. The molecule has 0 aromatic heterocycles. The summed E-state index contributed by atoms with van der Waals surface area (Å²) in [7, 11) is 1.26. The molecule has 2 aromatic rings. The molecule has 1 aliphatic heterocycles. The number of methoxy groups -OCH3 is 1. The number of halogens is 1. The van der Waals surface area contributed by atoms with Gasteiger partial charge in [0.1, 0.15) is 11.8 Å². The van der Waals surface area contributed by atoms with E-state index in [2.05, 4.69) is 10.6 Å². The van der Waals surface area contributed by atoms with Gasteiger partial charge in [-0.2, -0.15) is 0 Å². The third kappa shape index (κ3) is 11.0. The monoisotopic (exact) mass is 588 g/mol. The lowest BCUT2D eigenvalue weighted by atomic mass is 10.0. The average molecular weight is 589 g/mol. The molecule has 224 valence electrons. The van der Waals surface area contributed by atoms with E-state index in [1.807, 2.05) is 44.2 Å². The normalized spacial score (nSPS) is 14.8. The van der Waals surface area contributed by atoms with Crippen LogP contribution in [0.25, 0.3) is 0 Å². The lowest BCUT2D eigenvalue weighted by Gasteiger charge is -2.31. The summed E-state index contributed by atoms with van der Waals surface area (Å²) in [4.78, 5) is 51.4. The first-order valence-corrected chi connectivity index (χ1v) is 13.7. The summed E-state index contributed by atoms with van der Waals surface area (Å²) in [5.41, 5.74) is 7.66. The van der Waals surface area contributed by atoms with Crippen molar-refractivity contribution in [3.05, 3.63) is 65.7 Å². The van der Waals surface area contributed by atoms with Gasteiger partial charge >= 0.3 is 12.1 Å². The summed E-state index contributed by atoms with van der Waals surface area (Å²) in [6, 6.07) is 14.7. The van der Waals surface area contributed by atoms with Gasteiger partial charge < -0.3 is 30.7 Å². The van der Waals surface area contributed by atoms with E-state index in [0.717, 1.165) is 11.1 Å². The predicted octanol–water partition coefficient (Wildman–Crippen LogP) is 3.00. The molecule has 41 heavy (non-hydrogen) atoms. The number of esters is 1. The Balaban J connectivity index is 0.00000588. The largest absolute Gasteiger partial charge is 0.467 e. The Kier molecular flexibility index (Phi) is 13.6. The number of benzene rings is 2. The van der Waals surface area contributed by atoms with Gasteiger partial charge in [0.25, 0.3) is 0 Å². The third-order valence-corrected chi connectivity index (χ3v) is 6.76. The topological polar surface area (TPSA) is 140 Å². The number of rotatable bonds is 11. The molecule has 1 saturated heterocycles. The number of ether oxygens (including phenoxy) is 2. The molecule has 10 nitrogen and oxygen atoms in total. The van der Waals surface area contributed by atoms with Gasteiger partial charge in [0.2, 0.25) is 11.8 Å². The molecule has 3 rings (SSSR count). The Morgan fingerprint density at radius 1 is 0.976 bits per heavy atom. The van der Waals surface area contributed by atoms with Crippen LogP contribution in [0.1, 0.15) is 44.2 Å². The van der Waals surface area contributed by atoms with Gasteiger partial charge in [-0.25, -0.2) is 9.59 Å². The van der Waals surface area contributed by atoms with Crippen molar-refractivity contribution in [2.75, 3.05) is 20.2 Å². The van der Waals surface area contributed by atoms with E-state index in [4.69, 9.17) is 15.2 Å². The first-order valence-electron chi connectivity index (χ1n) is 13.7. The predicted molar refractivity (Wildman–Crippen MR) is 158 cm³/mol. The zero-order valence-electron chi connectivity index (χ0n) is 23.8. The van der Waals surface area contributed by atoms with Gasteiger partial charge in [-0.15, -0.1) is 12.4 Å². The maximum Gasteiger partial charge on any atom is 0.415 e. The number of nitrogens with two attached hydrogens (primary N) is 1. The highest BCUT2D eigenvalue weighted by Gasteiger charge is 2.27. The van der Waals surface area contributed by atoms with Crippen LogP contribution in [-0.4, -0.2) is 67.1 Å². The standard InChI is InChI=1S/C30H40N4O6.ClH/c1-20(2)17-25(31)28(36)33-26(29(37)39-3)18-22-9-11-24(12-10-22)40-30(38)34-15-13-23(14-16-34)32-27(35)19-21-7-5-4-6-8-21;/h4-12,20,23,25-26H,13-19,31H2,1-3H3,(H,32,35)(H,33,36);1H/t25-,26-;/m0./s1. The van der Waals surface area contributed by atoms with Crippen molar-refractivity contribution >= 4 is 36.3 Å². The summed E-state index contributed by atoms with van der Waals surface area (Å²) in [5.74, 6) is -0.399. The molecule has 3 amide bonds. The van der Waals surface area contributed by atoms with Crippen molar-refractivity contribution in [1.82, 2.24) is 15.5 Å². The molecule has 0 radical (unpaired) electrons. The lowest BCUT2D eigenvalue weighted by molar-refractivity contribution is -0.145. The second-order valence-corrected chi connectivity index (χ2v) is 10.5. The van der Waals surface area contributed by atoms with Crippen molar-refractivity contribution in [2.45, 2.75) is 64.1 Å². The fourth-order valence-electron chi connectivity index (χ4n) is 4.59. The summed E-state index contributed by atoms with van der Waals surface area (Å²) in [6.07, 6.45) is 1.87. The molecule has 0 spiro atoms. The van der Waals surface area contributed by atoms with Crippen LogP contribution in [0.5, 0.6) is 5.75 Å². The molecule has 0 unspecified atom stereocenters. The Morgan fingerprint density at radius 2 is 1.61 bits per heavy atom. The van der Waals surface area contributed by atoms with Crippen LogP contribution in [0, 0.1) is 5.92 Å². The summed E-state index contributed by atoms with van der Waals surface area (Å²) in [6.45, 7) is 4.89. The van der Waals surface area contributed by atoms with E-state index >= 15 is 0 Å². The van der Waals surface area contributed by atoms with Crippen molar-refractivity contribution < 1.29 is 28.7 Å². The van der Waals surface area contributed by atoms with Gasteiger partial charge in [0.05, 0.1) is 19.6 Å². The number of hydrogen-bond donors (Lipinski definition) is 3. The number of nitrogens with one attached hydrogen (secondary N) is 2. The van der Waals surface area contributed by atoms with Crippen molar-refractivity contribution in [1.29, 1.82) is 0 Å². The minimum atomic E-state index is -0.890. The van der Waals surface area contributed by atoms with Crippen LogP contribution in [0.15, 0.2) is 54.6 Å². The average Bonchev–Trinajstić information content (AvgIpc) is 2.93. The lowest BCUT2D eigenvalue weighted by Crippen LogP contribution is -2.50. The zero-order valence-corrected chi connectivity index (χ0v) is 24.7. The zero-order chi connectivity index (χ0) is 29.1. The fourth-order valence-corrected chi connectivity index (χ4v) is 4.59. The maximum absolute atomic E-state index is 12.7. The molecule has 1 aliphatic rings. The molecule has 1 fully saturated rings. The smallest absolute Gasteiger partial charge is 0.415 e. The summed E-state index contributed by atoms with van der Waals surface area (Å²) < 4.78 is 10.4. The highest BCUT2D eigenvalue weighted by Crippen LogP contribution is 2.18. The Hall–Kier alpha value is -3.63. The van der Waals surface area contributed by atoms with E-state index in [9.17, 15) is 19.2 Å². The van der Waals surface area contributed by atoms with Gasteiger partial charge in [-0.3, -0.25) is 9.59 Å². The van der Waals surface area contributed by atoms with E-state index < -0.39 is 30.1 Å². The van der Waals surface area contributed by atoms with E-state index in [1.54, 1.807) is 29.2 Å². The summed E-state index contributed by atoms with van der Waals surface area (Å²) in [5, 5.41) is 5.73. The molecule has 4 N–H and O–H groups in total. The highest BCUT2D eigenvalue weighted by atomic mass is 35.5. The molecule has 0 bridgehead atoms. The minimum Gasteiger partial charge on any atom is -0.467 e. The first-order chi connectivity index (χ1) is 19.1. The molecule has 0 saturated carbocycles. The van der Waals surface area contributed by atoms with Gasteiger partial charge in [0.15, 0.2) is 0 Å². The number of amides is 3. The molecule has 11 heteroatoms. The first kappa shape index (κ1) is 33.6. The number of piperidine rings is 1. The van der Waals surface area contributed by atoms with Crippen molar-refractivity contribution in [3.8, 4) is 5.75 Å². The Morgan fingerprint density at radius 3 is 2.20 bits per heavy atom. The SMILES string of the molecule is COC(=O)[C@H](Cc1ccc(OC(=O)N2CCC(NC(=O)Cc3ccccc3)CC2)cc1)NC(=O)[C@@H](N)CC(C)C.Cl. The Bertz CT molecular complexity index is 1140. The minimum absolute atomic E-state index is 0. The molecule has 0 aliphatic carbocycles. The summed E-state index contributed by atoms with van der Waals surface area (Å²) >= 11 is 0. The third-order valence-electron chi connectivity index (χ3n) is 6.76. The number of carbonyl (C=O) groups is 4. The number of carbonyl (C=O) groups excluding carboxylic acids is 4.